The van der Waals surface area contributed by atoms with Gasteiger partial charge in [-0.1, -0.05) is 23.7 Å². The minimum atomic E-state index is -0.376. The lowest BCUT2D eigenvalue weighted by Gasteiger charge is -2.33. The first-order valence-electron chi connectivity index (χ1n) is 9.27. The highest BCUT2D eigenvalue weighted by Gasteiger charge is 2.22. The van der Waals surface area contributed by atoms with Gasteiger partial charge in [-0.2, -0.15) is 0 Å². The third kappa shape index (κ3) is 4.03. The molecular weight excluding hydrogens is 378 g/mol. The summed E-state index contributed by atoms with van der Waals surface area (Å²) in [5.41, 5.74) is 1.77. The minimum absolute atomic E-state index is 0.0623. The minimum Gasteiger partial charge on any atom is -0.455 e. The Kier molecular flexibility index (Phi) is 5.32. The van der Waals surface area contributed by atoms with Gasteiger partial charge < -0.3 is 14.2 Å². The van der Waals surface area contributed by atoms with Crippen molar-refractivity contribution < 1.29 is 14.2 Å². The molecule has 2 aromatic carbocycles. The third-order valence-electron chi connectivity index (χ3n) is 5.11. The first-order chi connectivity index (χ1) is 13.6. The van der Waals surface area contributed by atoms with Crippen molar-refractivity contribution in [3.05, 3.63) is 81.6 Å². The number of piperazine rings is 1. The van der Waals surface area contributed by atoms with Crippen LogP contribution < -0.4 is 9.80 Å². The van der Waals surface area contributed by atoms with Crippen LogP contribution in [0.4, 0.5) is 11.4 Å². The third-order valence-corrected chi connectivity index (χ3v) is 5.37. The van der Waals surface area contributed by atoms with Gasteiger partial charge in [0.15, 0.2) is 5.76 Å². The second-order valence-electron chi connectivity index (χ2n) is 6.93. The predicted molar refractivity (Wildman–Crippen MR) is 109 cm³/mol. The fraction of sp³-hybridized carbons (Fsp3) is 0.238. The van der Waals surface area contributed by atoms with Crippen LogP contribution in [0.5, 0.6) is 0 Å². The molecule has 0 radical (unpaired) electrons. The molecule has 28 heavy (non-hydrogen) atoms. The van der Waals surface area contributed by atoms with Crippen molar-refractivity contribution in [2.45, 2.75) is 6.54 Å². The maximum absolute atomic E-state index is 11.2. The number of hydrogen-bond acceptors (Lipinski definition) is 4. The largest absolute Gasteiger partial charge is 0.455 e. The zero-order valence-electron chi connectivity index (χ0n) is 15.3. The van der Waals surface area contributed by atoms with Gasteiger partial charge in [-0.15, -0.1) is 0 Å². The predicted octanol–water partition coefficient (Wildman–Crippen LogP) is 3.41. The van der Waals surface area contributed by atoms with E-state index in [1.807, 2.05) is 24.3 Å². The van der Waals surface area contributed by atoms with E-state index in [-0.39, 0.29) is 10.6 Å². The van der Waals surface area contributed by atoms with E-state index in [0.29, 0.717) is 11.3 Å². The van der Waals surface area contributed by atoms with Gasteiger partial charge in [0.1, 0.15) is 12.3 Å². The van der Waals surface area contributed by atoms with Gasteiger partial charge in [-0.25, -0.2) is 0 Å². The summed E-state index contributed by atoms with van der Waals surface area (Å²) in [4.78, 5) is 14.7. The number of nitro benzene ring substituents is 1. The molecule has 144 valence electrons. The fourth-order valence-electron chi connectivity index (χ4n) is 3.62. The number of halogens is 1. The highest BCUT2D eigenvalue weighted by Crippen LogP contribution is 2.30. The summed E-state index contributed by atoms with van der Waals surface area (Å²) in [5, 5.41) is 12.0. The average Bonchev–Trinajstić information content (AvgIpc) is 3.17. The molecular formula is C21H21ClN3O3+. The molecule has 0 amide bonds. The number of furan rings is 1. The average molecular weight is 399 g/mol. The van der Waals surface area contributed by atoms with Crippen molar-refractivity contribution in [1.82, 2.24) is 0 Å². The lowest BCUT2D eigenvalue weighted by Crippen LogP contribution is -3.13. The maximum atomic E-state index is 11.2. The topological polar surface area (TPSA) is 64.0 Å². The Morgan fingerprint density at radius 3 is 2.46 bits per heavy atom. The molecule has 0 bridgehead atoms. The summed E-state index contributed by atoms with van der Waals surface area (Å²) in [6, 6.07) is 18.4. The molecule has 3 aromatic rings. The van der Waals surface area contributed by atoms with E-state index >= 15 is 0 Å². The SMILES string of the molecule is O=[N+]([O-])c1ccccc1-c1ccc(C[NH+]2CCN(c3ccc(Cl)cc3)CC2)o1. The summed E-state index contributed by atoms with van der Waals surface area (Å²) in [6.45, 7) is 4.72. The first kappa shape index (κ1) is 18.5. The molecule has 4 rings (SSSR count). The standard InChI is InChI=1S/C21H20ClN3O3/c22-16-5-7-17(8-6-16)24-13-11-23(12-14-24)15-18-9-10-21(28-18)19-3-1-2-4-20(19)25(26)27/h1-10H,11-15H2/p+1. The van der Waals surface area contributed by atoms with E-state index in [4.69, 9.17) is 16.0 Å². The van der Waals surface area contributed by atoms with Crippen LogP contribution in [0.2, 0.25) is 5.02 Å². The van der Waals surface area contributed by atoms with Gasteiger partial charge in [-0.3, -0.25) is 10.1 Å². The Morgan fingerprint density at radius 1 is 1.04 bits per heavy atom. The second-order valence-corrected chi connectivity index (χ2v) is 7.37. The molecule has 1 fully saturated rings. The number of benzene rings is 2. The molecule has 0 atom stereocenters. The molecule has 7 heteroatoms. The number of hydrogen-bond donors (Lipinski definition) is 1. The number of rotatable bonds is 5. The van der Waals surface area contributed by atoms with Crippen LogP contribution in [0, 0.1) is 10.1 Å². The monoisotopic (exact) mass is 398 g/mol. The van der Waals surface area contributed by atoms with Crippen molar-refractivity contribution in [1.29, 1.82) is 0 Å². The van der Waals surface area contributed by atoms with Crippen LogP contribution in [0.1, 0.15) is 5.76 Å². The molecule has 6 nitrogen and oxygen atoms in total. The molecule has 1 N–H and O–H groups in total. The molecule has 2 heterocycles. The molecule has 1 aliphatic heterocycles. The second kappa shape index (κ2) is 8.04. The van der Waals surface area contributed by atoms with Crippen LogP contribution in [0.25, 0.3) is 11.3 Å². The smallest absolute Gasteiger partial charge is 0.280 e. The highest BCUT2D eigenvalue weighted by molar-refractivity contribution is 6.30. The van der Waals surface area contributed by atoms with Crippen LogP contribution >= 0.6 is 11.6 Å². The Labute approximate surface area is 168 Å². The van der Waals surface area contributed by atoms with Crippen LogP contribution in [-0.4, -0.2) is 31.1 Å². The number of anilines is 1. The van der Waals surface area contributed by atoms with Crippen molar-refractivity contribution >= 4 is 23.0 Å². The zero-order valence-corrected chi connectivity index (χ0v) is 16.1. The van der Waals surface area contributed by atoms with Crippen LogP contribution in [-0.2, 0) is 6.54 Å². The zero-order chi connectivity index (χ0) is 19.5. The Balaban J connectivity index is 1.39. The number of quaternary nitrogens is 1. The molecule has 0 spiro atoms. The Hall–Kier alpha value is -2.83. The van der Waals surface area contributed by atoms with E-state index in [0.717, 1.165) is 43.5 Å². The van der Waals surface area contributed by atoms with Gasteiger partial charge in [0.2, 0.25) is 0 Å². The van der Waals surface area contributed by atoms with E-state index in [1.54, 1.807) is 18.2 Å². The van der Waals surface area contributed by atoms with Gasteiger partial charge in [0.25, 0.3) is 5.69 Å². The maximum Gasteiger partial charge on any atom is 0.280 e. The molecule has 1 aliphatic rings. The fourth-order valence-corrected chi connectivity index (χ4v) is 3.74. The molecule has 1 aromatic heterocycles. The summed E-state index contributed by atoms with van der Waals surface area (Å²) < 4.78 is 5.93. The van der Waals surface area contributed by atoms with Gasteiger partial charge in [0, 0.05) is 16.8 Å². The molecule has 1 saturated heterocycles. The highest BCUT2D eigenvalue weighted by atomic mass is 35.5. The van der Waals surface area contributed by atoms with Gasteiger partial charge in [-0.05, 0) is 42.5 Å². The van der Waals surface area contributed by atoms with Crippen LogP contribution in [0.3, 0.4) is 0 Å². The van der Waals surface area contributed by atoms with Gasteiger partial charge in [0.05, 0.1) is 36.7 Å². The van der Waals surface area contributed by atoms with Crippen LogP contribution in [0.15, 0.2) is 65.1 Å². The summed E-state index contributed by atoms with van der Waals surface area (Å²) in [7, 11) is 0. The number of para-hydroxylation sites is 1. The molecule has 0 aliphatic carbocycles. The summed E-state index contributed by atoms with van der Waals surface area (Å²) in [5.74, 6) is 1.39. The Morgan fingerprint density at radius 2 is 1.75 bits per heavy atom. The van der Waals surface area contributed by atoms with Crippen molar-refractivity contribution in [3.63, 3.8) is 0 Å². The van der Waals surface area contributed by atoms with Crippen molar-refractivity contribution in [2.75, 3.05) is 31.1 Å². The number of nitrogens with one attached hydrogen (secondary N) is 1. The van der Waals surface area contributed by atoms with Crippen molar-refractivity contribution in [3.8, 4) is 11.3 Å². The van der Waals surface area contributed by atoms with E-state index in [2.05, 4.69) is 17.0 Å². The van der Waals surface area contributed by atoms with E-state index < -0.39 is 0 Å². The van der Waals surface area contributed by atoms with E-state index in [1.165, 1.54) is 16.7 Å². The lowest BCUT2D eigenvalue weighted by atomic mass is 10.1. The van der Waals surface area contributed by atoms with E-state index in [9.17, 15) is 10.1 Å². The van der Waals surface area contributed by atoms with Crippen molar-refractivity contribution in [2.24, 2.45) is 0 Å². The number of nitro groups is 1. The lowest BCUT2D eigenvalue weighted by molar-refractivity contribution is -0.915. The molecule has 0 unspecified atom stereocenters. The summed E-state index contributed by atoms with van der Waals surface area (Å²) >= 11 is 5.97. The first-order valence-corrected chi connectivity index (χ1v) is 9.64. The quantitative estimate of drug-likeness (QED) is 0.528. The number of nitrogens with zero attached hydrogens (tertiary/aromatic N) is 2. The molecule has 0 saturated carbocycles. The Bertz CT molecular complexity index is 963. The summed E-state index contributed by atoms with van der Waals surface area (Å²) in [6.07, 6.45) is 0. The van der Waals surface area contributed by atoms with Gasteiger partial charge >= 0.3 is 0 Å². The normalized spacial score (nSPS) is 15.0.